The lowest BCUT2D eigenvalue weighted by Crippen LogP contribution is -2.34. The van der Waals surface area contributed by atoms with E-state index in [1.807, 2.05) is 0 Å². The van der Waals surface area contributed by atoms with E-state index in [9.17, 15) is 14.4 Å². The molecule has 10 heteroatoms. The highest BCUT2D eigenvalue weighted by atomic mass is 35.5. The van der Waals surface area contributed by atoms with Gasteiger partial charge in [0, 0.05) is 17.9 Å². The van der Waals surface area contributed by atoms with Gasteiger partial charge in [-0.2, -0.15) is 0 Å². The first-order valence-electron chi connectivity index (χ1n) is 9.11. The number of carbonyl (C=O) groups is 3. The van der Waals surface area contributed by atoms with Crippen molar-refractivity contribution in [2.45, 2.75) is 18.6 Å². The summed E-state index contributed by atoms with van der Waals surface area (Å²) in [6.45, 7) is 1.11. The van der Waals surface area contributed by atoms with E-state index in [-0.39, 0.29) is 18.4 Å². The van der Waals surface area contributed by atoms with Crippen LogP contribution in [0.3, 0.4) is 0 Å². The van der Waals surface area contributed by atoms with Crippen molar-refractivity contribution < 1.29 is 19.1 Å². The number of cyclic esters (lactones) is 1. The number of halogens is 1. The van der Waals surface area contributed by atoms with Gasteiger partial charge < -0.3 is 20.7 Å². The molecule has 0 saturated carbocycles. The molecule has 2 fully saturated rings. The minimum Gasteiger partial charge on any atom is -0.442 e. The number of hydrogen-bond donors (Lipinski definition) is 2. The second-order valence-electron chi connectivity index (χ2n) is 6.83. The normalized spacial score (nSPS) is 21.6. The molecule has 2 aliphatic rings. The molecule has 0 bridgehead atoms. The van der Waals surface area contributed by atoms with Crippen LogP contribution in [-0.4, -0.2) is 49.7 Å². The zero-order valence-corrected chi connectivity index (χ0v) is 16.9. The Labute approximate surface area is 176 Å². The second kappa shape index (κ2) is 8.02. The molecule has 4 rings (SSSR count). The van der Waals surface area contributed by atoms with E-state index >= 15 is 0 Å². The highest BCUT2D eigenvalue weighted by Gasteiger charge is 2.33. The summed E-state index contributed by atoms with van der Waals surface area (Å²) in [5.41, 5.74) is 7.17. The lowest BCUT2D eigenvalue weighted by molar-refractivity contribution is -0.118. The van der Waals surface area contributed by atoms with Gasteiger partial charge in [-0.05, 0) is 42.8 Å². The fraction of sp³-hybridized carbons (Fsp3) is 0.316. The quantitative estimate of drug-likeness (QED) is 0.750. The zero-order valence-electron chi connectivity index (χ0n) is 15.3. The summed E-state index contributed by atoms with van der Waals surface area (Å²) < 4.78 is 5.89. The molecule has 3 N–H and O–H groups in total. The number of nitrogens with one attached hydrogen (secondary N) is 1. The monoisotopic (exact) mass is 434 g/mol. The van der Waals surface area contributed by atoms with E-state index in [1.54, 1.807) is 41.3 Å². The number of hydrogen-bond acceptors (Lipinski definition) is 6. The van der Waals surface area contributed by atoms with Gasteiger partial charge in [0.1, 0.15) is 6.10 Å². The minimum absolute atomic E-state index is 0.0961. The number of nitrogens with zero attached hydrogens (tertiary/aromatic N) is 2. The van der Waals surface area contributed by atoms with E-state index in [4.69, 9.17) is 22.1 Å². The number of thiophene rings is 1. The van der Waals surface area contributed by atoms with Crippen molar-refractivity contribution >= 4 is 52.2 Å². The van der Waals surface area contributed by atoms with E-state index in [0.717, 1.165) is 5.69 Å². The van der Waals surface area contributed by atoms with Crippen LogP contribution in [0.2, 0.25) is 4.34 Å². The number of amides is 3. The van der Waals surface area contributed by atoms with Crippen molar-refractivity contribution in [3.05, 3.63) is 45.6 Å². The van der Waals surface area contributed by atoms with Gasteiger partial charge >= 0.3 is 6.09 Å². The van der Waals surface area contributed by atoms with Crippen molar-refractivity contribution in [3.8, 4) is 0 Å². The largest absolute Gasteiger partial charge is 0.442 e. The van der Waals surface area contributed by atoms with Gasteiger partial charge in [0.2, 0.25) is 5.91 Å². The first kappa shape index (κ1) is 19.7. The predicted octanol–water partition coefficient (Wildman–Crippen LogP) is 2.22. The fourth-order valence-corrected chi connectivity index (χ4v) is 4.30. The first-order chi connectivity index (χ1) is 13.9. The van der Waals surface area contributed by atoms with Crippen LogP contribution in [0.25, 0.3) is 0 Å². The summed E-state index contributed by atoms with van der Waals surface area (Å²) in [4.78, 5) is 40.0. The molecule has 1 aromatic carbocycles. The standard InChI is InChI=1S/C19H19ClN4O4S/c20-16-6-5-15(29-16)17(25)22-9-13-10-24(19(27)28-13)12-3-1-11(2-4-12)23-8-7-14(21)18(23)26/h1-6,13-14H,7-10,21H2,(H,22,25)/t13-,14+/m0/s1. The summed E-state index contributed by atoms with van der Waals surface area (Å²) in [7, 11) is 0. The molecule has 0 unspecified atom stereocenters. The van der Waals surface area contributed by atoms with Gasteiger partial charge in [-0.15, -0.1) is 11.3 Å². The molecule has 2 aliphatic heterocycles. The number of carbonyl (C=O) groups excluding carboxylic acids is 3. The Hall–Kier alpha value is -2.62. The van der Waals surface area contributed by atoms with Crippen molar-refractivity contribution in [1.29, 1.82) is 0 Å². The van der Waals surface area contributed by atoms with Gasteiger partial charge in [-0.3, -0.25) is 14.5 Å². The molecule has 0 spiro atoms. The van der Waals surface area contributed by atoms with Gasteiger partial charge in [0.05, 0.1) is 28.3 Å². The molecule has 3 amide bonds. The van der Waals surface area contributed by atoms with E-state index in [0.29, 0.717) is 34.4 Å². The van der Waals surface area contributed by atoms with E-state index in [2.05, 4.69) is 5.32 Å². The van der Waals surface area contributed by atoms with Crippen LogP contribution in [0.1, 0.15) is 16.1 Å². The molecular weight excluding hydrogens is 416 g/mol. The highest BCUT2D eigenvalue weighted by Crippen LogP contribution is 2.27. The van der Waals surface area contributed by atoms with Crippen LogP contribution in [0.5, 0.6) is 0 Å². The van der Waals surface area contributed by atoms with Crippen LogP contribution >= 0.6 is 22.9 Å². The molecule has 2 atom stereocenters. The molecule has 3 heterocycles. The lowest BCUT2D eigenvalue weighted by Gasteiger charge is -2.18. The van der Waals surface area contributed by atoms with Crippen molar-refractivity contribution in [3.63, 3.8) is 0 Å². The Morgan fingerprint density at radius 3 is 2.45 bits per heavy atom. The van der Waals surface area contributed by atoms with Crippen molar-refractivity contribution in [2.24, 2.45) is 5.73 Å². The molecule has 0 radical (unpaired) electrons. The van der Waals surface area contributed by atoms with Crippen LogP contribution in [0, 0.1) is 0 Å². The van der Waals surface area contributed by atoms with Crippen molar-refractivity contribution in [2.75, 3.05) is 29.4 Å². The molecule has 152 valence electrons. The Morgan fingerprint density at radius 2 is 1.86 bits per heavy atom. The summed E-state index contributed by atoms with van der Waals surface area (Å²) in [6, 6.07) is 9.96. The van der Waals surface area contributed by atoms with Crippen LogP contribution in [-0.2, 0) is 9.53 Å². The lowest BCUT2D eigenvalue weighted by atomic mass is 10.2. The van der Waals surface area contributed by atoms with Gasteiger partial charge in [-0.25, -0.2) is 4.79 Å². The Bertz CT molecular complexity index is 948. The molecule has 2 aromatic rings. The Morgan fingerprint density at radius 1 is 1.17 bits per heavy atom. The average molecular weight is 435 g/mol. The van der Waals surface area contributed by atoms with Crippen molar-refractivity contribution in [1.82, 2.24) is 5.32 Å². The fourth-order valence-electron chi connectivity index (χ4n) is 3.34. The van der Waals surface area contributed by atoms with E-state index < -0.39 is 18.2 Å². The number of benzene rings is 1. The predicted molar refractivity (Wildman–Crippen MR) is 111 cm³/mol. The number of nitrogens with two attached hydrogens (primary N) is 1. The Balaban J connectivity index is 1.35. The molecular formula is C19H19ClN4O4S. The SMILES string of the molecule is N[C@@H]1CCN(c2ccc(N3C[C@H](CNC(=O)c4ccc(Cl)s4)OC3=O)cc2)C1=O. The maximum absolute atomic E-state index is 12.2. The number of ether oxygens (including phenoxy) is 1. The van der Waals surface area contributed by atoms with Crippen LogP contribution in [0.15, 0.2) is 36.4 Å². The smallest absolute Gasteiger partial charge is 0.414 e. The summed E-state index contributed by atoms with van der Waals surface area (Å²) >= 11 is 7.03. The molecule has 8 nitrogen and oxygen atoms in total. The van der Waals surface area contributed by atoms with Gasteiger partial charge in [0.15, 0.2) is 0 Å². The summed E-state index contributed by atoms with van der Waals surface area (Å²) in [5.74, 6) is -0.351. The number of rotatable bonds is 5. The van der Waals surface area contributed by atoms with Crippen LogP contribution < -0.4 is 20.9 Å². The Kier molecular flexibility index (Phi) is 5.44. The maximum atomic E-state index is 12.2. The zero-order chi connectivity index (χ0) is 20.5. The third-order valence-corrected chi connectivity index (χ3v) is 6.11. The van der Waals surface area contributed by atoms with E-state index in [1.165, 1.54) is 16.2 Å². The third-order valence-electron chi connectivity index (χ3n) is 4.88. The molecule has 0 aliphatic carbocycles. The average Bonchev–Trinajstić information content (AvgIpc) is 3.40. The van der Waals surface area contributed by atoms with Gasteiger partial charge in [0.25, 0.3) is 5.91 Å². The maximum Gasteiger partial charge on any atom is 0.414 e. The topological polar surface area (TPSA) is 105 Å². The number of anilines is 2. The summed E-state index contributed by atoms with van der Waals surface area (Å²) in [6.07, 6.45) is -0.306. The van der Waals surface area contributed by atoms with Gasteiger partial charge in [-0.1, -0.05) is 11.6 Å². The molecule has 29 heavy (non-hydrogen) atoms. The molecule has 2 saturated heterocycles. The third kappa shape index (κ3) is 4.07. The minimum atomic E-state index is -0.476. The summed E-state index contributed by atoms with van der Waals surface area (Å²) in [5, 5.41) is 2.75. The first-order valence-corrected chi connectivity index (χ1v) is 10.3. The molecule has 1 aromatic heterocycles. The van der Waals surface area contributed by atoms with Crippen LogP contribution in [0.4, 0.5) is 16.2 Å². The highest BCUT2D eigenvalue weighted by molar-refractivity contribution is 7.18. The second-order valence-corrected chi connectivity index (χ2v) is 8.55.